The number of nitrogens with zero attached hydrogens (tertiary/aromatic N) is 1. The maximum Gasteiger partial charge on any atom is 0.273 e. The molecule has 0 spiro atoms. The molecule has 5 nitrogen and oxygen atoms in total. The number of anilines is 1. The van der Waals surface area contributed by atoms with E-state index in [4.69, 9.17) is 23.2 Å². The molecule has 0 aliphatic carbocycles. The van der Waals surface area contributed by atoms with Crippen LogP contribution < -0.4 is 10.9 Å². The van der Waals surface area contributed by atoms with Crippen molar-refractivity contribution in [3.63, 3.8) is 0 Å². The number of thioether (sulfide) groups is 1. The van der Waals surface area contributed by atoms with Crippen molar-refractivity contribution in [2.75, 3.05) is 11.1 Å². The molecule has 0 bridgehead atoms. The number of nitrogens with one attached hydrogen (secondary N) is 2. The van der Waals surface area contributed by atoms with Crippen LogP contribution in [0.5, 0.6) is 0 Å². The van der Waals surface area contributed by atoms with Crippen LogP contribution in [0.15, 0.2) is 59.4 Å². The van der Waals surface area contributed by atoms with Gasteiger partial charge in [0.1, 0.15) is 5.82 Å². The molecule has 26 heavy (non-hydrogen) atoms. The third kappa shape index (κ3) is 4.72. The summed E-state index contributed by atoms with van der Waals surface area (Å²) in [5.74, 6) is 0.971. The Balaban J connectivity index is 1.56. The van der Waals surface area contributed by atoms with Crippen molar-refractivity contribution in [1.82, 2.24) is 9.78 Å². The van der Waals surface area contributed by atoms with Gasteiger partial charge in [-0.2, -0.15) is 0 Å². The lowest BCUT2D eigenvalue weighted by atomic mass is 10.2. The van der Waals surface area contributed by atoms with E-state index in [-0.39, 0.29) is 17.2 Å². The van der Waals surface area contributed by atoms with E-state index in [0.29, 0.717) is 27.3 Å². The molecule has 0 unspecified atom stereocenters. The van der Waals surface area contributed by atoms with E-state index < -0.39 is 0 Å². The highest BCUT2D eigenvalue weighted by atomic mass is 35.5. The SMILES string of the molecule is O=C(CSCc1ccc(Cl)cc1Cl)Nc1cc(=O)n(-c2ccccc2)[nH]1. The number of H-pyrrole nitrogens is 1. The molecule has 1 heterocycles. The molecule has 0 saturated carbocycles. The van der Waals surface area contributed by atoms with E-state index >= 15 is 0 Å². The van der Waals surface area contributed by atoms with Crippen molar-refractivity contribution in [3.05, 3.63) is 80.6 Å². The number of para-hydroxylation sites is 1. The fourth-order valence-electron chi connectivity index (χ4n) is 2.31. The van der Waals surface area contributed by atoms with Gasteiger partial charge < -0.3 is 5.32 Å². The van der Waals surface area contributed by atoms with Crippen LogP contribution in [0.1, 0.15) is 5.56 Å². The van der Waals surface area contributed by atoms with Crippen LogP contribution >= 0.6 is 35.0 Å². The Bertz CT molecular complexity index is 970. The second-order valence-corrected chi connectivity index (χ2v) is 7.28. The number of halogens is 2. The zero-order chi connectivity index (χ0) is 18.5. The molecule has 2 N–H and O–H groups in total. The standard InChI is InChI=1S/C18H15Cl2N3O2S/c19-13-7-6-12(15(20)8-13)10-26-11-17(24)21-16-9-18(25)23(22-16)14-4-2-1-3-5-14/h1-9,22H,10-11H2,(H,21,24). The van der Waals surface area contributed by atoms with Crippen molar-refractivity contribution in [2.45, 2.75) is 5.75 Å². The zero-order valence-corrected chi connectivity index (χ0v) is 15.9. The molecule has 1 amide bonds. The maximum absolute atomic E-state index is 12.1. The molecule has 8 heteroatoms. The molecular weight excluding hydrogens is 393 g/mol. The van der Waals surface area contributed by atoms with E-state index in [0.717, 1.165) is 5.56 Å². The van der Waals surface area contributed by atoms with Crippen molar-refractivity contribution < 1.29 is 4.79 Å². The third-order valence-electron chi connectivity index (χ3n) is 3.51. The number of rotatable bonds is 6. The van der Waals surface area contributed by atoms with Crippen molar-refractivity contribution in [2.24, 2.45) is 0 Å². The average molecular weight is 408 g/mol. The van der Waals surface area contributed by atoms with Crippen molar-refractivity contribution >= 4 is 46.7 Å². The molecule has 0 saturated heterocycles. The number of benzene rings is 2. The quantitative estimate of drug-likeness (QED) is 0.638. The molecule has 3 rings (SSSR count). The minimum absolute atomic E-state index is 0.207. The van der Waals surface area contributed by atoms with E-state index in [1.54, 1.807) is 24.3 Å². The lowest BCUT2D eigenvalue weighted by Crippen LogP contribution is -2.15. The molecule has 0 radical (unpaired) electrons. The summed E-state index contributed by atoms with van der Waals surface area (Å²) in [7, 11) is 0. The first-order chi connectivity index (χ1) is 12.5. The molecule has 3 aromatic rings. The Morgan fingerprint density at radius 3 is 2.62 bits per heavy atom. The Morgan fingerprint density at radius 2 is 1.88 bits per heavy atom. The summed E-state index contributed by atoms with van der Waals surface area (Å²) in [6, 6.07) is 15.8. The summed E-state index contributed by atoms with van der Waals surface area (Å²) in [6.07, 6.45) is 0. The van der Waals surface area contributed by atoms with Gasteiger partial charge in [-0.1, -0.05) is 47.5 Å². The van der Waals surface area contributed by atoms with E-state index in [1.165, 1.54) is 22.5 Å². The normalized spacial score (nSPS) is 10.7. The molecular formula is C18H15Cl2N3O2S. The van der Waals surface area contributed by atoms with Gasteiger partial charge in [0.15, 0.2) is 0 Å². The maximum atomic E-state index is 12.1. The van der Waals surface area contributed by atoms with E-state index in [2.05, 4.69) is 10.4 Å². The topological polar surface area (TPSA) is 66.9 Å². The first-order valence-electron chi connectivity index (χ1n) is 7.72. The van der Waals surface area contributed by atoms with Crippen molar-refractivity contribution in [3.8, 4) is 5.69 Å². The monoisotopic (exact) mass is 407 g/mol. The largest absolute Gasteiger partial charge is 0.310 e. The van der Waals surface area contributed by atoms with Gasteiger partial charge in [-0.05, 0) is 29.8 Å². The molecule has 0 atom stereocenters. The van der Waals surface area contributed by atoms with Gasteiger partial charge in [-0.15, -0.1) is 11.8 Å². The molecule has 1 aromatic heterocycles. The summed E-state index contributed by atoms with van der Waals surface area (Å²) in [5.41, 5.74) is 1.37. The van der Waals surface area contributed by atoms with E-state index in [9.17, 15) is 9.59 Å². The first-order valence-corrected chi connectivity index (χ1v) is 9.63. The predicted molar refractivity (Wildman–Crippen MR) is 108 cm³/mol. The number of aromatic nitrogens is 2. The average Bonchev–Trinajstić information content (AvgIpc) is 2.98. The van der Waals surface area contributed by atoms with Gasteiger partial charge in [0, 0.05) is 21.9 Å². The predicted octanol–water partition coefficient (Wildman–Crippen LogP) is 4.34. The van der Waals surface area contributed by atoms with Gasteiger partial charge in [0.2, 0.25) is 5.91 Å². The summed E-state index contributed by atoms with van der Waals surface area (Å²) >= 11 is 13.4. The molecule has 0 aliphatic heterocycles. The molecule has 2 aromatic carbocycles. The Labute approximate surface area is 164 Å². The van der Waals surface area contributed by atoms with Crippen LogP contribution in [0.3, 0.4) is 0 Å². The highest BCUT2D eigenvalue weighted by Gasteiger charge is 2.09. The lowest BCUT2D eigenvalue weighted by Gasteiger charge is -2.06. The zero-order valence-electron chi connectivity index (χ0n) is 13.5. The lowest BCUT2D eigenvalue weighted by molar-refractivity contribution is -0.113. The fraction of sp³-hybridized carbons (Fsp3) is 0.111. The molecule has 134 valence electrons. The highest BCUT2D eigenvalue weighted by molar-refractivity contribution is 7.99. The number of amides is 1. The van der Waals surface area contributed by atoms with Crippen molar-refractivity contribution in [1.29, 1.82) is 0 Å². The number of aromatic amines is 1. The van der Waals surface area contributed by atoms with Crippen LogP contribution in [-0.4, -0.2) is 21.4 Å². The van der Waals surface area contributed by atoms with Gasteiger partial charge in [-0.3, -0.25) is 14.7 Å². The second kappa shape index (κ2) is 8.49. The Morgan fingerprint density at radius 1 is 1.12 bits per heavy atom. The molecule has 0 fully saturated rings. The summed E-state index contributed by atoms with van der Waals surface area (Å²) in [5, 5.41) is 6.73. The Kier molecular flexibility index (Phi) is 6.08. The van der Waals surface area contributed by atoms with Gasteiger partial charge in [0.05, 0.1) is 11.4 Å². The number of hydrogen-bond acceptors (Lipinski definition) is 3. The summed E-state index contributed by atoms with van der Waals surface area (Å²) < 4.78 is 1.37. The third-order valence-corrected chi connectivity index (χ3v) is 5.08. The van der Waals surface area contributed by atoms with Gasteiger partial charge in [-0.25, -0.2) is 4.68 Å². The minimum Gasteiger partial charge on any atom is -0.310 e. The summed E-state index contributed by atoms with van der Waals surface area (Å²) in [4.78, 5) is 24.1. The number of carbonyl (C=O) groups is 1. The number of carbonyl (C=O) groups excluding carboxylic acids is 1. The number of hydrogen-bond donors (Lipinski definition) is 2. The van der Waals surface area contributed by atoms with Crippen LogP contribution in [-0.2, 0) is 10.5 Å². The first kappa shape index (κ1) is 18.6. The Hall–Kier alpha value is -2.15. The fourth-order valence-corrected chi connectivity index (χ4v) is 3.69. The van der Waals surface area contributed by atoms with Gasteiger partial charge in [0.25, 0.3) is 5.56 Å². The summed E-state index contributed by atoms with van der Waals surface area (Å²) in [6.45, 7) is 0. The minimum atomic E-state index is -0.243. The smallest absolute Gasteiger partial charge is 0.273 e. The molecule has 0 aliphatic rings. The van der Waals surface area contributed by atoms with Gasteiger partial charge >= 0.3 is 0 Å². The second-order valence-electron chi connectivity index (χ2n) is 5.46. The van der Waals surface area contributed by atoms with Crippen LogP contribution in [0.2, 0.25) is 10.0 Å². The van der Waals surface area contributed by atoms with Crippen LogP contribution in [0, 0.1) is 0 Å². The highest BCUT2D eigenvalue weighted by Crippen LogP contribution is 2.24. The van der Waals surface area contributed by atoms with Crippen LogP contribution in [0.4, 0.5) is 5.82 Å². The van der Waals surface area contributed by atoms with E-state index in [1.807, 2.05) is 24.3 Å². The van der Waals surface area contributed by atoms with Crippen LogP contribution in [0.25, 0.3) is 5.69 Å².